The Morgan fingerprint density at radius 3 is 2.42 bits per heavy atom. The molecule has 0 bridgehead atoms. The highest BCUT2D eigenvalue weighted by atomic mass is 35.5. The molecule has 0 aliphatic carbocycles. The summed E-state index contributed by atoms with van der Waals surface area (Å²) in [5, 5.41) is 5.05. The van der Waals surface area contributed by atoms with Gasteiger partial charge in [0.2, 0.25) is 0 Å². The van der Waals surface area contributed by atoms with Gasteiger partial charge in [-0.2, -0.15) is 0 Å². The molecule has 7 nitrogen and oxygen atoms in total. The Balaban J connectivity index is 2.25. The van der Waals surface area contributed by atoms with E-state index < -0.39 is 24.1 Å². The molecule has 2 aromatic rings. The summed E-state index contributed by atoms with van der Waals surface area (Å²) in [6, 6.07) is 8.14. The maximum Gasteiger partial charge on any atom is 0.573 e. The number of nitrogens with two attached hydrogens (primary N) is 1. The van der Waals surface area contributed by atoms with Crippen LogP contribution in [0.4, 0.5) is 29.3 Å². The van der Waals surface area contributed by atoms with Gasteiger partial charge >= 0.3 is 12.4 Å². The van der Waals surface area contributed by atoms with Crippen LogP contribution in [-0.4, -0.2) is 18.3 Å². The number of carbonyl (C=O) groups is 2. The normalized spacial score (nSPS) is 10.8. The van der Waals surface area contributed by atoms with Crippen LogP contribution in [0, 0.1) is 0 Å². The Hall–Kier alpha value is -2.98. The minimum Gasteiger partial charge on any atom is -0.406 e. The highest BCUT2D eigenvalue weighted by Gasteiger charge is 2.31. The second-order valence-corrected chi connectivity index (χ2v) is 5.25. The molecule has 11 heteroatoms. The first-order valence-electron chi connectivity index (χ1n) is 6.92. The summed E-state index contributed by atoms with van der Waals surface area (Å²) in [5.74, 6) is 3.59. The van der Waals surface area contributed by atoms with E-state index in [1.807, 2.05) is 5.43 Å². The third-order valence-corrected chi connectivity index (χ3v) is 3.17. The van der Waals surface area contributed by atoms with Gasteiger partial charge in [-0.05, 0) is 30.3 Å². The van der Waals surface area contributed by atoms with Crippen molar-refractivity contribution < 1.29 is 27.5 Å². The number of carbonyl (C=O) groups excluding carboxylic acids is 2. The van der Waals surface area contributed by atoms with E-state index in [0.717, 1.165) is 18.2 Å². The number of urea groups is 1. The van der Waals surface area contributed by atoms with Crippen LogP contribution in [0.5, 0.6) is 5.75 Å². The summed E-state index contributed by atoms with van der Waals surface area (Å²) in [5.41, 5.74) is 1.76. The smallest absolute Gasteiger partial charge is 0.406 e. The summed E-state index contributed by atoms with van der Waals surface area (Å²) in [7, 11) is 0. The van der Waals surface area contributed by atoms with Crippen molar-refractivity contribution in [2.75, 3.05) is 10.6 Å². The molecule has 0 spiro atoms. The molecule has 0 heterocycles. The Morgan fingerprint density at radius 2 is 1.81 bits per heavy atom. The summed E-state index contributed by atoms with van der Waals surface area (Å²) < 4.78 is 40.8. The van der Waals surface area contributed by atoms with E-state index in [9.17, 15) is 22.8 Å². The van der Waals surface area contributed by atoms with Gasteiger partial charge in [0.15, 0.2) is 0 Å². The topological polar surface area (TPSA) is 105 Å². The molecule has 0 atom stereocenters. The first kappa shape index (κ1) is 19.3. The first-order chi connectivity index (χ1) is 12.2. The zero-order chi connectivity index (χ0) is 19.3. The lowest BCUT2D eigenvalue weighted by Crippen LogP contribution is -2.31. The lowest BCUT2D eigenvalue weighted by atomic mass is 10.1. The van der Waals surface area contributed by atoms with E-state index in [4.69, 9.17) is 17.4 Å². The van der Waals surface area contributed by atoms with Crippen molar-refractivity contribution in [3.8, 4) is 5.75 Å². The summed E-state index contributed by atoms with van der Waals surface area (Å²) in [6.07, 6.45) is -4.93. The highest BCUT2D eigenvalue weighted by molar-refractivity contribution is 6.30. The second-order valence-electron chi connectivity index (χ2n) is 4.82. The largest absolute Gasteiger partial charge is 0.573 e. The predicted octanol–water partition coefficient (Wildman–Crippen LogP) is 3.49. The number of nitrogen functional groups attached to an aromatic ring is 1. The average Bonchev–Trinajstić information content (AvgIpc) is 2.52. The van der Waals surface area contributed by atoms with Gasteiger partial charge in [-0.15, -0.1) is 13.2 Å². The van der Waals surface area contributed by atoms with Gasteiger partial charge < -0.3 is 15.4 Å². The Kier molecular flexibility index (Phi) is 5.90. The molecular formula is C15H12ClF3N4O3. The Labute approximate surface area is 150 Å². The monoisotopic (exact) mass is 388 g/mol. The van der Waals surface area contributed by atoms with Crippen LogP contribution in [0.15, 0.2) is 42.5 Å². The van der Waals surface area contributed by atoms with E-state index in [1.165, 1.54) is 6.07 Å². The number of hydrazine groups is 1. The maximum absolute atomic E-state index is 12.4. The van der Waals surface area contributed by atoms with Crippen molar-refractivity contribution in [3.63, 3.8) is 0 Å². The van der Waals surface area contributed by atoms with Crippen LogP contribution in [0.1, 0.15) is 10.4 Å². The average molecular weight is 389 g/mol. The fraction of sp³-hybridized carbons (Fsp3) is 0.0667. The molecule has 0 saturated heterocycles. The molecule has 26 heavy (non-hydrogen) atoms. The van der Waals surface area contributed by atoms with E-state index in [2.05, 4.69) is 15.4 Å². The van der Waals surface area contributed by atoms with E-state index in [-0.39, 0.29) is 11.3 Å². The summed E-state index contributed by atoms with van der Waals surface area (Å²) in [6.45, 7) is 0. The van der Waals surface area contributed by atoms with Crippen LogP contribution < -0.4 is 26.6 Å². The van der Waals surface area contributed by atoms with Crippen LogP contribution in [0.2, 0.25) is 5.02 Å². The molecule has 3 amide bonds. The fourth-order valence-electron chi connectivity index (χ4n) is 1.95. The van der Waals surface area contributed by atoms with Crippen LogP contribution >= 0.6 is 11.6 Å². The predicted molar refractivity (Wildman–Crippen MR) is 88.9 cm³/mol. The standard InChI is InChI=1S/C15H12ClF3N4O3/c16-8-2-1-3-9(6-8)21-14(25)22-12-7-10(26-15(17,18)19)4-5-11(12)13(24)23-20/h1-7H,20H2,(H,23,24)(H2,21,22,25). The number of hydrogen-bond donors (Lipinski definition) is 4. The van der Waals surface area contributed by atoms with Gasteiger partial charge in [0.05, 0.1) is 11.3 Å². The van der Waals surface area contributed by atoms with Crippen molar-refractivity contribution in [1.82, 2.24) is 5.43 Å². The molecule has 0 fully saturated rings. The molecule has 5 N–H and O–H groups in total. The third-order valence-electron chi connectivity index (χ3n) is 2.93. The molecular weight excluding hydrogens is 377 g/mol. The van der Waals surface area contributed by atoms with Crippen molar-refractivity contribution in [2.45, 2.75) is 6.36 Å². The number of halogens is 4. The lowest BCUT2D eigenvalue weighted by molar-refractivity contribution is -0.274. The zero-order valence-electron chi connectivity index (χ0n) is 12.9. The Morgan fingerprint density at radius 1 is 1.08 bits per heavy atom. The summed E-state index contributed by atoms with van der Waals surface area (Å²) in [4.78, 5) is 23.8. The summed E-state index contributed by atoms with van der Waals surface area (Å²) >= 11 is 5.79. The number of anilines is 2. The quantitative estimate of drug-likeness (QED) is 0.365. The number of amides is 3. The molecule has 0 aliphatic heterocycles. The molecule has 2 rings (SSSR count). The van der Waals surface area contributed by atoms with E-state index in [0.29, 0.717) is 10.7 Å². The van der Waals surface area contributed by atoms with Gasteiger partial charge in [-0.1, -0.05) is 17.7 Å². The maximum atomic E-state index is 12.4. The lowest BCUT2D eigenvalue weighted by Gasteiger charge is -2.14. The van der Waals surface area contributed by atoms with Gasteiger partial charge in [0, 0.05) is 16.8 Å². The zero-order valence-corrected chi connectivity index (χ0v) is 13.6. The molecule has 0 radical (unpaired) electrons. The third kappa shape index (κ3) is 5.53. The fourth-order valence-corrected chi connectivity index (χ4v) is 2.14. The van der Waals surface area contributed by atoms with Crippen molar-refractivity contribution in [3.05, 3.63) is 53.1 Å². The van der Waals surface area contributed by atoms with Gasteiger partial charge in [0.1, 0.15) is 5.75 Å². The van der Waals surface area contributed by atoms with Crippen molar-refractivity contribution in [2.24, 2.45) is 5.84 Å². The molecule has 2 aromatic carbocycles. The first-order valence-corrected chi connectivity index (χ1v) is 7.30. The highest BCUT2D eigenvalue weighted by Crippen LogP contribution is 2.28. The molecule has 0 saturated carbocycles. The number of rotatable bonds is 4. The minimum atomic E-state index is -4.93. The molecule has 138 valence electrons. The van der Waals surface area contributed by atoms with Gasteiger partial charge in [-0.3, -0.25) is 10.2 Å². The van der Waals surface area contributed by atoms with E-state index >= 15 is 0 Å². The van der Waals surface area contributed by atoms with Crippen molar-refractivity contribution in [1.29, 1.82) is 0 Å². The van der Waals surface area contributed by atoms with Gasteiger partial charge in [-0.25, -0.2) is 10.6 Å². The SMILES string of the molecule is NNC(=O)c1ccc(OC(F)(F)F)cc1NC(=O)Nc1cccc(Cl)c1. The van der Waals surface area contributed by atoms with Crippen LogP contribution in [0.25, 0.3) is 0 Å². The number of nitrogens with one attached hydrogen (secondary N) is 3. The molecule has 0 unspecified atom stereocenters. The number of benzene rings is 2. The molecule has 0 aliphatic rings. The van der Waals surface area contributed by atoms with Crippen LogP contribution in [-0.2, 0) is 0 Å². The van der Waals surface area contributed by atoms with E-state index in [1.54, 1.807) is 18.2 Å². The molecule has 0 aromatic heterocycles. The second kappa shape index (κ2) is 7.93. The number of alkyl halides is 3. The van der Waals surface area contributed by atoms with Gasteiger partial charge in [0.25, 0.3) is 5.91 Å². The minimum absolute atomic E-state index is 0.164. The number of ether oxygens (including phenoxy) is 1. The van der Waals surface area contributed by atoms with Crippen LogP contribution in [0.3, 0.4) is 0 Å². The Bertz CT molecular complexity index is 830. The number of hydrogen-bond acceptors (Lipinski definition) is 4. The van der Waals surface area contributed by atoms with Crippen molar-refractivity contribution >= 4 is 34.9 Å².